The zero-order valence-electron chi connectivity index (χ0n) is 8.51. The third-order valence-corrected chi connectivity index (χ3v) is 2.53. The summed E-state index contributed by atoms with van der Waals surface area (Å²) in [6, 6.07) is 4.29. The average Bonchev–Trinajstić information content (AvgIpc) is 2.28. The maximum atomic E-state index is 10.7. The highest BCUT2D eigenvalue weighted by atomic mass is 35.5. The Labute approximate surface area is 98.1 Å². The number of aromatic hydroxyl groups is 1. The second-order valence-electron chi connectivity index (χ2n) is 3.39. The van der Waals surface area contributed by atoms with Gasteiger partial charge in [-0.2, -0.15) is 0 Å². The minimum absolute atomic E-state index is 0.0371. The summed E-state index contributed by atoms with van der Waals surface area (Å²) >= 11 is 5.44. The number of alkyl halides is 1. The second kappa shape index (κ2) is 5.84. The zero-order valence-corrected chi connectivity index (χ0v) is 9.26. The number of phenols is 1. The van der Waals surface area contributed by atoms with E-state index in [-0.39, 0.29) is 29.2 Å². The Bertz CT molecular complexity index is 367. The lowest BCUT2D eigenvalue weighted by atomic mass is 9.97. The van der Waals surface area contributed by atoms with Crippen molar-refractivity contribution in [2.45, 2.75) is 18.6 Å². The van der Waals surface area contributed by atoms with E-state index in [1.165, 1.54) is 18.2 Å². The highest BCUT2D eigenvalue weighted by molar-refractivity contribution is 6.17. The van der Waals surface area contributed by atoms with E-state index in [2.05, 4.69) is 0 Å². The number of carbonyl (C=O) groups is 1. The zero-order chi connectivity index (χ0) is 12.1. The van der Waals surface area contributed by atoms with Crippen LogP contribution in [-0.2, 0) is 0 Å². The van der Waals surface area contributed by atoms with Crippen LogP contribution >= 0.6 is 11.6 Å². The van der Waals surface area contributed by atoms with Gasteiger partial charge in [-0.1, -0.05) is 12.1 Å². The molecule has 1 rings (SSSR count). The SMILES string of the molecule is O=Cc1cccc(O)c1C(O)C(O)CCCl. The molecule has 0 heterocycles. The molecule has 88 valence electrons. The highest BCUT2D eigenvalue weighted by Crippen LogP contribution is 2.30. The van der Waals surface area contributed by atoms with Crippen LogP contribution in [0.1, 0.15) is 28.4 Å². The van der Waals surface area contributed by atoms with Gasteiger partial charge in [-0.3, -0.25) is 4.79 Å². The summed E-state index contributed by atoms with van der Waals surface area (Å²) in [5, 5.41) is 28.9. The third kappa shape index (κ3) is 2.72. The van der Waals surface area contributed by atoms with Gasteiger partial charge in [0.25, 0.3) is 0 Å². The maximum Gasteiger partial charge on any atom is 0.150 e. The molecule has 5 heteroatoms. The van der Waals surface area contributed by atoms with Gasteiger partial charge >= 0.3 is 0 Å². The maximum absolute atomic E-state index is 10.7. The van der Waals surface area contributed by atoms with Crippen molar-refractivity contribution in [1.82, 2.24) is 0 Å². The van der Waals surface area contributed by atoms with Crippen molar-refractivity contribution in [1.29, 1.82) is 0 Å². The molecule has 0 spiro atoms. The summed E-state index contributed by atoms with van der Waals surface area (Å²) in [6.45, 7) is 0. The number of benzene rings is 1. The molecule has 16 heavy (non-hydrogen) atoms. The summed E-state index contributed by atoms with van der Waals surface area (Å²) < 4.78 is 0. The Balaban J connectivity index is 3.06. The molecule has 4 nitrogen and oxygen atoms in total. The van der Waals surface area contributed by atoms with E-state index in [0.29, 0.717) is 6.29 Å². The van der Waals surface area contributed by atoms with E-state index in [4.69, 9.17) is 11.6 Å². The van der Waals surface area contributed by atoms with Gasteiger partial charge in [0.05, 0.1) is 6.10 Å². The molecule has 2 unspecified atom stereocenters. The molecule has 0 aliphatic rings. The van der Waals surface area contributed by atoms with Gasteiger partial charge in [-0.05, 0) is 12.5 Å². The number of aldehydes is 1. The summed E-state index contributed by atoms with van der Waals surface area (Å²) in [5.41, 5.74) is 0.191. The highest BCUT2D eigenvalue weighted by Gasteiger charge is 2.23. The van der Waals surface area contributed by atoms with Crippen molar-refractivity contribution in [3.8, 4) is 5.75 Å². The number of halogens is 1. The van der Waals surface area contributed by atoms with E-state index in [1.807, 2.05) is 0 Å². The Kier molecular flexibility index (Phi) is 4.73. The number of carbonyl (C=O) groups excluding carboxylic acids is 1. The summed E-state index contributed by atoms with van der Waals surface area (Å²) in [6.07, 6.45) is -1.73. The average molecular weight is 245 g/mol. The van der Waals surface area contributed by atoms with Crippen molar-refractivity contribution in [2.75, 3.05) is 5.88 Å². The van der Waals surface area contributed by atoms with E-state index in [1.54, 1.807) is 0 Å². The number of aliphatic hydroxyl groups is 2. The fourth-order valence-electron chi connectivity index (χ4n) is 1.46. The lowest BCUT2D eigenvalue weighted by molar-refractivity contribution is 0.0153. The number of hydrogen-bond acceptors (Lipinski definition) is 4. The lowest BCUT2D eigenvalue weighted by Gasteiger charge is -2.19. The van der Waals surface area contributed by atoms with Gasteiger partial charge in [0.1, 0.15) is 11.9 Å². The fourth-order valence-corrected chi connectivity index (χ4v) is 1.68. The molecule has 1 aromatic rings. The largest absolute Gasteiger partial charge is 0.508 e. The molecule has 0 fully saturated rings. The van der Waals surface area contributed by atoms with Gasteiger partial charge in [0, 0.05) is 17.0 Å². The molecule has 3 N–H and O–H groups in total. The molecule has 0 aliphatic heterocycles. The minimum atomic E-state index is -1.32. The molecule has 0 aliphatic carbocycles. The van der Waals surface area contributed by atoms with Crippen molar-refractivity contribution in [2.24, 2.45) is 0 Å². The van der Waals surface area contributed by atoms with Crippen LogP contribution in [-0.4, -0.2) is 33.6 Å². The van der Waals surface area contributed by atoms with Crippen LogP contribution in [0.4, 0.5) is 0 Å². The number of aliphatic hydroxyl groups excluding tert-OH is 2. The van der Waals surface area contributed by atoms with Crippen LogP contribution in [0.25, 0.3) is 0 Å². The Hall–Kier alpha value is -1.10. The number of phenolic OH excluding ortho intramolecular Hbond substituents is 1. The van der Waals surface area contributed by atoms with Crippen LogP contribution in [0.15, 0.2) is 18.2 Å². The molecule has 0 aromatic heterocycles. The molecular formula is C11H13ClO4. The van der Waals surface area contributed by atoms with Gasteiger partial charge in [0.2, 0.25) is 0 Å². The van der Waals surface area contributed by atoms with E-state index < -0.39 is 12.2 Å². The van der Waals surface area contributed by atoms with Gasteiger partial charge in [-0.25, -0.2) is 0 Å². The Morgan fingerprint density at radius 1 is 1.38 bits per heavy atom. The van der Waals surface area contributed by atoms with Gasteiger partial charge in [-0.15, -0.1) is 11.6 Å². The molecule has 0 radical (unpaired) electrons. The van der Waals surface area contributed by atoms with E-state index >= 15 is 0 Å². The number of hydrogen-bond donors (Lipinski definition) is 3. The topological polar surface area (TPSA) is 77.8 Å². The van der Waals surface area contributed by atoms with Gasteiger partial charge < -0.3 is 15.3 Å². The van der Waals surface area contributed by atoms with Crippen LogP contribution in [0.5, 0.6) is 5.75 Å². The van der Waals surface area contributed by atoms with Crippen molar-refractivity contribution in [3.05, 3.63) is 29.3 Å². The van der Waals surface area contributed by atoms with Crippen LogP contribution in [0, 0.1) is 0 Å². The number of rotatable bonds is 5. The third-order valence-electron chi connectivity index (χ3n) is 2.31. The first kappa shape index (κ1) is 13.0. The Morgan fingerprint density at radius 3 is 2.62 bits per heavy atom. The predicted molar refractivity (Wildman–Crippen MR) is 59.8 cm³/mol. The molecule has 0 amide bonds. The van der Waals surface area contributed by atoms with Crippen LogP contribution < -0.4 is 0 Å². The summed E-state index contributed by atoms with van der Waals surface area (Å²) in [7, 11) is 0. The molecule has 0 bridgehead atoms. The Morgan fingerprint density at radius 2 is 2.06 bits per heavy atom. The first-order chi connectivity index (χ1) is 7.61. The molecule has 0 saturated heterocycles. The van der Waals surface area contributed by atoms with E-state index in [0.717, 1.165) is 0 Å². The summed E-state index contributed by atoms with van der Waals surface area (Å²) in [5.74, 6) is -0.0341. The van der Waals surface area contributed by atoms with Crippen LogP contribution in [0.2, 0.25) is 0 Å². The van der Waals surface area contributed by atoms with E-state index in [9.17, 15) is 20.1 Å². The normalized spacial score (nSPS) is 14.4. The molecule has 2 atom stereocenters. The van der Waals surface area contributed by atoms with Crippen molar-refractivity contribution < 1.29 is 20.1 Å². The standard InChI is InChI=1S/C11H13ClO4/c12-5-4-9(15)11(16)10-7(6-13)2-1-3-8(10)14/h1-3,6,9,11,14-16H,4-5H2. The smallest absolute Gasteiger partial charge is 0.150 e. The molecule has 1 aromatic carbocycles. The minimum Gasteiger partial charge on any atom is -0.508 e. The van der Waals surface area contributed by atoms with Crippen LogP contribution in [0.3, 0.4) is 0 Å². The quantitative estimate of drug-likeness (QED) is 0.538. The molecule has 0 saturated carbocycles. The first-order valence-electron chi connectivity index (χ1n) is 4.81. The summed E-state index contributed by atoms with van der Waals surface area (Å²) in [4.78, 5) is 10.7. The lowest BCUT2D eigenvalue weighted by Crippen LogP contribution is -2.20. The first-order valence-corrected chi connectivity index (χ1v) is 5.34. The predicted octanol–water partition coefficient (Wildman–Crippen LogP) is 1.23. The van der Waals surface area contributed by atoms with Gasteiger partial charge in [0.15, 0.2) is 6.29 Å². The fraction of sp³-hybridized carbons (Fsp3) is 0.364. The second-order valence-corrected chi connectivity index (χ2v) is 3.77. The molecular weight excluding hydrogens is 232 g/mol. The van der Waals surface area contributed by atoms with Crippen molar-refractivity contribution >= 4 is 17.9 Å². The monoisotopic (exact) mass is 244 g/mol. The van der Waals surface area contributed by atoms with Crippen molar-refractivity contribution in [3.63, 3.8) is 0 Å².